The van der Waals surface area contributed by atoms with Gasteiger partial charge in [-0.2, -0.15) is 0 Å². The van der Waals surface area contributed by atoms with Crippen LogP contribution in [-0.4, -0.2) is 29.9 Å². The normalized spacial score (nSPS) is 12.7. The molecule has 0 bridgehead atoms. The van der Waals surface area contributed by atoms with Crippen molar-refractivity contribution in [1.82, 2.24) is 10.6 Å². The van der Waals surface area contributed by atoms with E-state index < -0.39 is 17.8 Å². The minimum absolute atomic E-state index is 0.155. The molecular formula is C31H38N2O4. The molecule has 2 amide bonds. The summed E-state index contributed by atoms with van der Waals surface area (Å²) in [6.07, 6.45) is 1.74. The Morgan fingerprint density at radius 2 is 1.05 bits per heavy atom. The predicted octanol–water partition coefficient (Wildman–Crippen LogP) is 6.44. The topological polar surface area (TPSA) is 76.7 Å². The fourth-order valence-corrected chi connectivity index (χ4v) is 4.06. The molecule has 0 fully saturated rings. The number of ether oxygens (including phenoxy) is 2. The van der Waals surface area contributed by atoms with Crippen molar-refractivity contribution in [2.24, 2.45) is 0 Å². The number of amides is 2. The molecule has 0 aliphatic heterocycles. The molecule has 0 radical (unpaired) electrons. The zero-order chi connectivity index (χ0) is 26.5. The largest absolute Gasteiger partial charge is 0.445 e. The second kappa shape index (κ2) is 14.1. The monoisotopic (exact) mass is 502 g/mol. The number of alkyl carbamates (subject to hydrolysis) is 2. The van der Waals surface area contributed by atoms with Gasteiger partial charge in [0.1, 0.15) is 12.2 Å². The van der Waals surface area contributed by atoms with Gasteiger partial charge in [0.15, 0.2) is 0 Å². The summed E-state index contributed by atoms with van der Waals surface area (Å²) in [5, 5.41) is 6.08. The van der Waals surface area contributed by atoms with Crippen molar-refractivity contribution in [1.29, 1.82) is 0 Å². The van der Waals surface area contributed by atoms with Crippen molar-refractivity contribution in [3.8, 4) is 0 Å². The molecule has 0 saturated carbocycles. The molecule has 0 saturated heterocycles. The fraction of sp³-hybridized carbons (Fsp3) is 0.355. The van der Waals surface area contributed by atoms with Crippen molar-refractivity contribution in [2.75, 3.05) is 0 Å². The van der Waals surface area contributed by atoms with Crippen LogP contribution in [0.25, 0.3) is 0 Å². The lowest BCUT2D eigenvalue weighted by atomic mass is 9.96. The third kappa shape index (κ3) is 11.2. The van der Waals surface area contributed by atoms with Gasteiger partial charge in [0.25, 0.3) is 0 Å². The van der Waals surface area contributed by atoms with E-state index in [1.165, 1.54) is 0 Å². The average Bonchev–Trinajstić information content (AvgIpc) is 2.86. The highest BCUT2D eigenvalue weighted by molar-refractivity contribution is 5.68. The first-order chi connectivity index (χ1) is 17.8. The molecule has 2 N–H and O–H groups in total. The van der Waals surface area contributed by atoms with Crippen molar-refractivity contribution in [2.45, 2.75) is 70.7 Å². The standard InChI is InChI=1S/C31H38N2O4/c1-31(2,3)37-30(35)33-28(22-25-15-9-5-10-16-25)20-19-27(21-24-13-7-4-8-14-24)32-29(34)36-23-26-17-11-6-12-18-26/h4-18,27-28H,19-23H2,1-3H3,(H,32,34)(H,33,35)/t27-,28-/m1/s1. The van der Waals surface area contributed by atoms with Crippen LogP contribution in [0.2, 0.25) is 0 Å². The quantitative estimate of drug-likeness (QED) is 0.316. The Morgan fingerprint density at radius 1 is 0.649 bits per heavy atom. The summed E-state index contributed by atoms with van der Waals surface area (Å²) in [5.74, 6) is 0. The second-order valence-corrected chi connectivity index (χ2v) is 10.2. The molecule has 0 aliphatic carbocycles. The number of rotatable bonds is 11. The van der Waals surface area contributed by atoms with Crippen LogP contribution in [-0.2, 0) is 28.9 Å². The van der Waals surface area contributed by atoms with Crippen LogP contribution >= 0.6 is 0 Å². The lowest BCUT2D eigenvalue weighted by Gasteiger charge is -2.26. The van der Waals surface area contributed by atoms with E-state index in [2.05, 4.69) is 10.6 Å². The maximum atomic E-state index is 12.7. The zero-order valence-corrected chi connectivity index (χ0v) is 22.0. The van der Waals surface area contributed by atoms with Crippen molar-refractivity contribution in [3.05, 3.63) is 108 Å². The summed E-state index contributed by atoms with van der Waals surface area (Å²) >= 11 is 0. The molecule has 37 heavy (non-hydrogen) atoms. The van der Waals surface area contributed by atoms with Crippen molar-refractivity contribution in [3.63, 3.8) is 0 Å². The summed E-state index contributed by atoms with van der Waals surface area (Å²) in [6, 6.07) is 29.4. The minimum Gasteiger partial charge on any atom is -0.445 e. The molecule has 196 valence electrons. The van der Waals surface area contributed by atoms with Gasteiger partial charge in [-0.25, -0.2) is 9.59 Å². The highest BCUT2D eigenvalue weighted by atomic mass is 16.6. The van der Waals surface area contributed by atoms with Crippen LogP contribution in [0.3, 0.4) is 0 Å². The Hall–Kier alpha value is -3.80. The van der Waals surface area contributed by atoms with Crippen LogP contribution in [0.15, 0.2) is 91.0 Å². The summed E-state index contributed by atoms with van der Waals surface area (Å²) in [6.45, 7) is 5.75. The summed E-state index contributed by atoms with van der Waals surface area (Å²) in [4.78, 5) is 25.2. The van der Waals surface area contributed by atoms with E-state index in [-0.39, 0.29) is 18.7 Å². The van der Waals surface area contributed by atoms with E-state index in [4.69, 9.17) is 9.47 Å². The van der Waals surface area contributed by atoms with Crippen LogP contribution in [0.4, 0.5) is 9.59 Å². The number of carbonyl (C=O) groups excluding carboxylic acids is 2. The number of hydrogen-bond donors (Lipinski definition) is 2. The smallest absolute Gasteiger partial charge is 0.407 e. The molecule has 0 aliphatic rings. The van der Waals surface area contributed by atoms with Gasteiger partial charge >= 0.3 is 12.2 Å². The van der Waals surface area contributed by atoms with Crippen LogP contribution in [0.1, 0.15) is 50.3 Å². The van der Waals surface area contributed by atoms with E-state index in [0.717, 1.165) is 16.7 Å². The number of carbonyl (C=O) groups is 2. The Labute approximate surface area is 220 Å². The second-order valence-electron chi connectivity index (χ2n) is 10.2. The first-order valence-corrected chi connectivity index (χ1v) is 12.8. The number of nitrogens with one attached hydrogen (secondary N) is 2. The van der Waals surface area contributed by atoms with Crippen LogP contribution in [0.5, 0.6) is 0 Å². The van der Waals surface area contributed by atoms with E-state index in [1.807, 2.05) is 112 Å². The van der Waals surface area contributed by atoms with Gasteiger partial charge in [-0.1, -0.05) is 91.0 Å². The maximum Gasteiger partial charge on any atom is 0.407 e. The average molecular weight is 503 g/mol. The Kier molecular flexibility index (Phi) is 10.6. The molecule has 3 aromatic rings. The van der Waals surface area contributed by atoms with Crippen LogP contribution < -0.4 is 10.6 Å². The maximum absolute atomic E-state index is 12.7. The van der Waals surface area contributed by atoms with Gasteiger partial charge in [0.2, 0.25) is 0 Å². The van der Waals surface area contributed by atoms with Crippen molar-refractivity contribution >= 4 is 12.2 Å². The molecule has 0 heterocycles. The molecule has 0 aromatic heterocycles. The van der Waals surface area contributed by atoms with E-state index >= 15 is 0 Å². The van der Waals surface area contributed by atoms with E-state index in [1.54, 1.807) is 0 Å². The number of hydrogen-bond acceptors (Lipinski definition) is 4. The Bertz CT molecular complexity index is 1080. The highest BCUT2D eigenvalue weighted by Gasteiger charge is 2.22. The third-order valence-electron chi connectivity index (χ3n) is 5.77. The first kappa shape index (κ1) is 27.8. The molecule has 0 unspecified atom stereocenters. The van der Waals surface area contributed by atoms with E-state index in [0.29, 0.717) is 25.7 Å². The van der Waals surface area contributed by atoms with Crippen molar-refractivity contribution < 1.29 is 19.1 Å². The SMILES string of the molecule is CC(C)(C)OC(=O)N[C@H](CC[C@H](Cc1ccccc1)NC(=O)OCc1ccccc1)Cc1ccccc1. The van der Waals surface area contributed by atoms with Gasteiger partial charge in [0.05, 0.1) is 0 Å². The summed E-state index contributed by atoms with van der Waals surface area (Å²) < 4.78 is 11.0. The van der Waals surface area contributed by atoms with Gasteiger partial charge < -0.3 is 20.1 Å². The van der Waals surface area contributed by atoms with E-state index in [9.17, 15) is 9.59 Å². The minimum atomic E-state index is -0.582. The molecule has 6 heteroatoms. The van der Waals surface area contributed by atoms with Gasteiger partial charge in [-0.15, -0.1) is 0 Å². The van der Waals surface area contributed by atoms with Gasteiger partial charge in [0, 0.05) is 12.1 Å². The molecule has 2 atom stereocenters. The molecular weight excluding hydrogens is 464 g/mol. The third-order valence-corrected chi connectivity index (χ3v) is 5.77. The number of benzene rings is 3. The first-order valence-electron chi connectivity index (χ1n) is 12.8. The molecule has 3 rings (SSSR count). The lowest BCUT2D eigenvalue weighted by Crippen LogP contribution is -2.42. The molecule has 6 nitrogen and oxygen atoms in total. The summed E-state index contributed by atoms with van der Waals surface area (Å²) in [7, 11) is 0. The predicted molar refractivity (Wildman–Crippen MR) is 146 cm³/mol. The lowest BCUT2D eigenvalue weighted by molar-refractivity contribution is 0.0499. The Morgan fingerprint density at radius 3 is 1.49 bits per heavy atom. The van der Waals surface area contributed by atoms with Gasteiger partial charge in [-0.05, 0) is 63.1 Å². The fourth-order valence-electron chi connectivity index (χ4n) is 4.06. The molecule has 0 spiro atoms. The Balaban J connectivity index is 1.66. The van der Waals surface area contributed by atoms with Crippen LogP contribution in [0, 0.1) is 0 Å². The van der Waals surface area contributed by atoms with Gasteiger partial charge in [-0.3, -0.25) is 0 Å². The summed E-state index contributed by atoms with van der Waals surface area (Å²) in [5.41, 5.74) is 2.59. The highest BCUT2D eigenvalue weighted by Crippen LogP contribution is 2.15. The zero-order valence-electron chi connectivity index (χ0n) is 22.0. The molecule has 3 aromatic carbocycles.